The van der Waals surface area contributed by atoms with E-state index in [1.807, 2.05) is 27.9 Å². The Bertz CT molecular complexity index is 1500. The van der Waals surface area contributed by atoms with Gasteiger partial charge in [0.1, 0.15) is 6.33 Å². The largest absolute Gasteiger partial charge is 0.340 e. The fourth-order valence-corrected chi connectivity index (χ4v) is 5.68. The van der Waals surface area contributed by atoms with E-state index < -0.39 is 0 Å². The molecule has 4 heterocycles. The van der Waals surface area contributed by atoms with Crippen LogP contribution in [0, 0.1) is 0 Å². The lowest BCUT2D eigenvalue weighted by Gasteiger charge is -2.34. The quantitative estimate of drug-likeness (QED) is 0.388. The Hall–Kier alpha value is -3.75. The molecule has 5 aromatic rings. The van der Waals surface area contributed by atoms with Gasteiger partial charge in [-0.05, 0) is 29.3 Å². The second kappa shape index (κ2) is 9.13. The lowest BCUT2D eigenvalue weighted by atomic mass is 10.1. The third-order valence-electron chi connectivity index (χ3n) is 6.60. The highest BCUT2D eigenvalue weighted by atomic mass is 32.1. The number of rotatable bonds is 5. The van der Waals surface area contributed by atoms with Crippen LogP contribution in [0.3, 0.4) is 0 Å². The summed E-state index contributed by atoms with van der Waals surface area (Å²) in [4.78, 5) is 26.1. The molecule has 35 heavy (non-hydrogen) atoms. The normalized spacial score (nSPS) is 14.6. The van der Waals surface area contributed by atoms with E-state index in [1.165, 1.54) is 21.4 Å². The summed E-state index contributed by atoms with van der Waals surface area (Å²) < 4.78 is 3.04. The van der Waals surface area contributed by atoms with Crippen molar-refractivity contribution in [2.24, 2.45) is 0 Å². The van der Waals surface area contributed by atoms with Crippen molar-refractivity contribution in [1.29, 1.82) is 0 Å². The molecule has 1 fully saturated rings. The second-order valence-electron chi connectivity index (χ2n) is 8.88. The Morgan fingerprint density at radius 1 is 1.00 bits per heavy atom. The molecule has 0 spiro atoms. The average molecular weight is 483 g/mol. The summed E-state index contributed by atoms with van der Waals surface area (Å²) in [5.74, 6) is 0.969. The van der Waals surface area contributed by atoms with Crippen LogP contribution < -0.4 is 5.43 Å². The summed E-state index contributed by atoms with van der Waals surface area (Å²) in [7, 11) is 0. The van der Waals surface area contributed by atoms with Gasteiger partial charge in [0.25, 0.3) is 0 Å². The van der Waals surface area contributed by atoms with Gasteiger partial charge in [-0.25, -0.2) is 9.97 Å². The average Bonchev–Trinajstić information content (AvgIpc) is 3.50. The number of carbonyl (C=O) groups is 1. The van der Waals surface area contributed by atoms with Gasteiger partial charge < -0.3 is 4.90 Å². The van der Waals surface area contributed by atoms with E-state index in [-0.39, 0.29) is 5.91 Å². The molecule has 3 aromatic heterocycles. The van der Waals surface area contributed by atoms with Crippen molar-refractivity contribution in [3.63, 3.8) is 0 Å². The maximum atomic E-state index is 11.5. The summed E-state index contributed by atoms with van der Waals surface area (Å²) in [6.07, 6.45) is 3.63. The lowest BCUT2D eigenvalue weighted by Crippen LogP contribution is -2.47. The van der Waals surface area contributed by atoms with Crippen molar-refractivity contribution < 1.29 is 4.79 Å². The van der Waals surface area contributed by atoms with Crippen molar-refractivity contribution in [3.8, 4) is 10.4 Å². The molecule has 7 nitrogen and oxygen atoms in total. The summed E-state index contributed by atoms with van der Waals surface area (Å²) in [6.45, 7) is 6.01. The van der Waals surface area contributed by atoms with E-state index in [1.54, 1.807) is 24.6 Å². The number of thiophene rings is 1. The van der Waals surface area contributed by atoms with Crippen LogP contribution in [-0.2, 0) is 11.3 Å². The Morgan fingerprint density at radius 2 is 1.80 bits per heavy atom. The van der Waals surface area contributed by atoms with E-state index in [0.717, 1.165) is 54.3 Å². The maximum absolute atomic E-state index is 11.5. The van der Waals surface area contributed by atoms with E-state index in [4.69, 9.17) is 0 Å². The highest BCUT2D eigenvalue weighted by Crippen LogP contribution is 2.36. The molecular weight excluding hydrogens is 456 g/mol. The monoisotopic (exact) mass is 482 g/mol. The zero-order chi connectivity index (χ0) is 23.8. The Labute approximate surface area is 207 Å². The molecule has 0 bridgehead atoms. The van der Waals surface area contributed by atoms with Crippen molar-refractivity contribution >= 4 is 44.2 Å². The first-order valence-corrected chi connectivity index (χ1v) is 12.6. The molecule has 0 radical (unpaired) electrons. The molecule has 0 unspecified atom stereocenters. The summed E-state index contributed by atoms with van der Waals surface area (Å²) in [5.41, 5.74) is 7.95. The predicted octanol–water partition coefficient (Wildman–Crippen LogP) is 4.85. The van der Waals surface area contributed by atoms with Crippen molar-refractivity contribution in [1.82, 2.24) is 24.4 Å². The van der Waals surface area contributed by atoms with Crippen molar-refractivity contribution in [2.75, 3.05) is 31.6 Å². The lowest BCUT2D eigenvalue weighted by molar-refractivity contribution is -0.130. The van der Waals surface area contributed by atoms with Crippen LogP contribution in [0.4, 0.5) is 5.82 Å². The number of amides is 1. The first kappa shape index (κ1) is 21.8. The zero-order valence-electron chi connectivity index (χ0n) is 19.5. The number of anilines is 1. The van der Waals surface area contributed by atoms with Gasteiger partial charge >= 0.3 is 0 Å². The Morgan fingerprint density at radius 3 is 2.60 bits per heavy atom. The van der Waals surface area contributed by atoms with Gasteiger partial charge in [-0.1, -0.05) is 42.5 Å². The number of hydrogen-bond acceptors (Lipinski definition) is 6. The summed E-state index contributed by atoms with van der Waals surface area (Å²) >= 11 is 1.70. The molecule has 0 saturated carbocycles. The topological polar surface area (TPSA) is 66.3 Å². The van der Waals surface area contributed by atoms with Gasteiger partial charge in [0.05, 0.1) is 15.7 Å². The molecular formula is C27H26N6OS. The molecule has 0 atom stereocenters. The molecule has 1 aliphatic rings. The number of hydrogen-bond donors (Lipinski definition) is 1. The number of benzene rings is 2. The van der Waals surface area contributed by atoms with Crippen LogP contribution in [0.15, 0.2) is 73.2 Å². The van der Waals surface area contributed by atoms with Crippen LogP contribution in [0.1, 0.15) is 12.5 Å². The number of carbonyl (C=O) groups excluding carboxylic acids is 1. The van der Waals surface area contributed by atoms with E-state index in [2.05, 4.69) is 68.8 Å². The molecule has 8 heteroatoms. The smallest absolute Gasteiger partial charge is 0.219 e. The number of piperazine rings is 1. The SMILES string of the molecule is CC(=O)N1CCN(Cc2ccc(-c3cc4ncnc(Nn5ccc6ccccc65)c4s3)cc2)CC1. The molecule has 0 aliphatic carbocycles. The molecule has 2 aromatic carbocycles. The summed E-state index contributed by atoms with van der Waals surface area (Å²) in [5, 5.41) is 1.18. The third kappa shape index (κ3) is 4.38. The van der Waals surface area contributed by atoms with Gasteiger partial charge in [-0.15, -0.1) is 11.3 Å². The minimum Gasteiger partial charge on any atom is -0.340 e. The minimum absolute atomic E-state index is 0.169. The fraction of sp³-hybridized carbons (Fsp3) is 0.222. The number of nitrogens with one attached hydrogen (secondary N) is 1. The zero-order valence-corrected chi connectivity index (χ0v) is 20.3. The van der Waals surface area contributed by atoms with E-state index >= 15 is 0 Å². The number of nitrogens with zero attached hydrogens (tertiary/aromatic N) is 5. The van der Waals surface area contributed by atoms with Gasteiger partial charge in [0.15, 0.2) is 5.82 Å². The van der Waals surface area contributed by atoms with Gasteiger partial charge in [0.2, 0.25) is 5.91 Å². The van der Waals surface area contributed by atoms with Gasteiger partial charge in [-0.3, -0.25) is 19.8 Å². The number of fused-ring (bicyclic) bond motifs is 2. The first-order valence-electron chi connectivity index (χ1n) is 11.8. The van der Waals surface area contributed by atoms with Crippen LogP contribution in [-0.4, -0.2) is 56.5 Å². The Kier molecular flexibility index (Phi) is 5.67. The second-order valence-corrected chi connectivity index (χ2v) is 9.93. The van der Waals surface area contributed by atoms with E-state index in [9.17, 15) is 4.79 Å². The van der Waals surface area contributed by atoms with Crippen molar-refractivity contribution in [3.05, 3.63) is 78.8 Å². The third-order valence-corrected chi connectivity index (χ3v) is 7.78. The Balaban J connectivity index is 1.20. The summed E-state index contributed by atoms with van der Waals surface area (Å²) in [6, 6.07) is 21.3. The standard InChI is InChI=1S/C27H26N6OS/c1-19(34)32-14-12-31(13-15-32)17-20-6-8-22(9-7-20)25-16-23-26(35-25)27(29-18-28-23)30-33-11-10-21-4-2-3-5-24(21)33/h2-11,16,18H,12-15,17H2,1H3,(H,28,29,30). The molecule has 1 N–H and O–H groups in total. The van der Waals surface area contributed by atoms with Crippen LogP contribution in [0.5, 0.6) is 0 Å². The number of para-hydroxylation sites is 1. The van der Waals surface area contributed by atoms with Gasteiger partial charge in [0, 0.05) is 56.1 Å². The molecule has 6 rings (SSSR count). The highest BCUT2D eigenvalue weighted by molar-refractivity contribution is 7.22. The highest BCUT2D eigenvalue weighted by Gasteiger charge is 2.18. The van der Waals surface area contributed by atoms with Crippen LogP contribution in [0.25, 0.3) is 31.6 Å². The fourth-order valence-electron chi connectivity index (χ4n) is 4.62. The van der Waals surface area contributed by atoms with Crippen LogP contribution in [0.2, 0.25) is 0 Å². The molecule has 1 amide bonds. The predicted molar refractivity (Wildman–Crippen MR) is 141 cm³/mol. The van der Waals surface area contributed by atoms with Gasteiger partial charge in [-0.2, -0.15) is 0 Å². The maximum Gasteiger partial charge on any atom is 0.219 e. The molecule has 176 valence electrons. The molecule has 1 aliphatic heterocycles. The minimum atomic E-state index is 0.169. The van der Waals surface area contributed by atoms with Crippen LogP contribution >= 0.6 is 11.3 Å². The van der Waals surface area contributed by atoms with E-state index in [0.29, 0.717) is 0 Å². The first-order chi connectivity index (χ1) is 17.1. The molecule has 1 saturated heterocycles. The van der Waals surface area contributed by atoms with Crippen molar-refractivity contribution in [2.45, 2.75) is 13.5 Å². The number of aromatic nitrogens is 3.